The minimum Gasteiger partial charge on any atom is -0.507 e. The number of aldehydes is 1. The van der Waals surface area contributed by atoms with Crippen LogP contribution >= 0.6 is 11.6 Å². The van der Waals surface area contributed by atoms with Gasteiger partial charge >= 0.3 is 0 Å². The second-order valence-corrected chi connectivity index (χ2v) is 3.37. The Morgan fingerprint density at radius 3 is 2.50 bits per heavy atom. The molecule has 0 spiro atoms. The summed E-state index contributed by atoms with van der Waals surface area (Å²) in [6.45, 7) is 0. The van der Waals surface area contributed by atoms with Crippen LogP contribution < -0.4 is 0 Å². The maximum atomic E-state index is 10.6. The monoisotopic (exact) mass is 206 g/mol. The van der Waals surface area contributed by atoms with Crippen molar-refractivity contribution in [2.45, 2.75) is 0 Å². The van der Waals surface area contributed by atoms with E-state index >= 15 is 0 Å². The number of hydrogen-bond acceptors (Lipinski definition) is 2. The van der Waals surface area contributed by atoms with Crippen molar-refractivity contribution in [2.75, 3.05) is 0 Å². The summed E-state index contributed by atoms with van der Waals surface area (Å²) in [4.78, 5) is 10.6. The highest BCUT2D eigenvalue weighted by Gasteiger charge is 2.08. The summed E-state index contributed by atoms with van der Waals surface area (Å²) in [5.74, 6) is -0.0139. The van der Waals surface area contributed by atoms with Gasteiger partial charge in [-0.1, -0.05) is 35.9 Å². The standard InChI is InChI=1S/C11H7ClO2/c12-10-5-7(6-13)11(14)9-4-2-1-3-8(9)10/h1-6,14H. The van der Waals surface area contributed by atoms with E-state index < -0.39 is 0 Å². The van der Waals surface area contributed by atoms with Gasteiger partial charge in [-0.15, -0.1) is 0 Å². The highest BCUT2D eigenvalue weighted by Crippen LogP contribution is 2.33. The average molecular weight is 207 g/mol. The normalized spacial score (nSPS) is 10.4. The Hall–Kier alpha value is -1.54. The second-order valence-electron chi connectivity index (χ2n) is 2.96. The van der Waals surface area contributed by atoms with E-state index in [0.29, 0.717) is 16.7 Å². The highest BCUT2D eigenvalue weighted by atomic mass is 35.5. The van der Waals surface area contributed by atoms with E-state index in [2.05, 4.69) is 0 Å². The number of phenolic OH excluding ortho intramolecular Hbond substituents is 1. The summed E-state index contributed by atoms with van der Waals surface area (Å²) < 4.78 is 0. The SMILES string of the molecule is O=Cc1cc(Cl)c2ccccc2c1O. The summed E-state index contributed by atoms with van der Waals surface area (Å²) in [5.41, 5.74) is 0.216. The van der Waals surface area contributed by atoms with Crippen LogP contribution in [0.1, 0.15) is 10.4 Å². The number of carbonyl (C=O) groups is 1. The van der Waals surface area contributed by atoms with Crippen LogP contribution in [-0.2, 0) is 0 Å². The first-order valence-corrected chi connectivity index (χ1v) is 4.47. The fourth-order valence-electron chi connectivity index (χ4n) is 1.43. The molecule has 0 heterocycles. The van der Waals surface area contributed by atoms with Crippen molar-refractivity contribution >= 4 is 28.7 Å². The van der Waals surface area contributed by atoms with Crippen molar-refractivity contribution in [1.82, 2.24) is 0 Å². The topological polar surface area (TPSA) is 37.3 Å². The Balaban J connectivity index is 2.94. The van der Waals surface area contributed by atoms with Gasteiger partial charge in [-0.25, -0.2) is 0 Å². The summed E-state index contributed by atoms with van der Waals surface area (Å²) in [6, 6.07) is 8.60. The molecule has 0 bridgehead atoms. The van der Waals surface area contributed by atoms with Gasteiger partial charge in [0.1, 0.15) is 5.75 Å². The zero-order valence-electron chi connectivity index (χ0n) is 7.20. The molecule has 70 valence electrons. The molecule has 2 nitrogen and oxygen atoms in total. The Morgan fingerprint density at radius 1 is 1.21 bits per heavy atom. The van der Waals surface area contributed by atoms with Crippen LogP contribution in [-0.4, -0.2) is 11.4 Å². The third kappa shape index (κ3) is 1.24. The minimum atomic E-state index is -0.0139. The molecule has 0 saturated heterocycles. The number of halogens is 1. The van der Waals surface area contributed by atoms with E-state index in [9.17, 15) is 9.90 Å². The summed E-state index contributed by atoms with van der Waals surface area (Å²) in [6.07, 6.45) is 0.591. The van der Waals surface area contributed by atoms with Crippen LogP contribution in [0.25, 0.3) is 10.8 Å². The highest BCUT2D eigenvalue weighted by molar-refractivity contribution is 6.36. The molecule has 2 aromatic carbocycles. The number of carbonyl (C=O) groups excluding carboxylic acids is 1. The average Bonchev–Trinajstić information content (AvgIpc) is 2.23. The molecule has 1 N–H and O–H groups in total. The quantitative estimate of drug-likeness (QED) is 0.729. The smallest absolute Gasteiger partial charge is 0.153 e. The molecule has 2 rings (SSSR count). The zero-order chi connectivity index (χ0) is 10.1. The Labute approximate surface area is 85.7 Å². The van der Waals surface area contributed by atoms with E-state index in [1.54, 1.807) is 18.2 Å². The molecule has 2 aromatic rings. The fourth-order valence-corrected chi connectivity index (χ4v) is 1.71. The maximum absolute atomic E-state index is 10.6. The third-order valence-corrected chi connectivity index (χ3v) is 2.43. The lowest BCUT2D eigenvalue weighted by atomic mass is 10.1. The van der Waals surface area contributed by atoms with Crippen molar-refractivity contribution < 1.29 is 9.90 Å². The Bertz CT molecular complexity index is 506. The molecular formula is C11H7ClO2. The van der Waals surface area contributed by atoms with Crippen LogP contribution in [0.5, 0.6) is 5.75 Å². The van der Waals surface area contributed by atoms with Gasteiger partial charge in [0.05, 0.1) is 5.56 Å². The molecule has 3 heteroatoms. The van der Waals surface area contributed by atoms with Crippen LogP contribution in [0.4, 0.5) is 0 Å². The minimum absolute atomic E-state index is 0.0139. The van der Waals surface area contributed by atoms with Gasteiger partial charge in [-0.05, 0) is 6.07 Å². The number of rotatable bonds is 1. The third-order valence-electron chi connectivity index (χ3n) is 2.12. The molecular weight excluding hydrogens is 200 g/mol. The number of benzene rings is 2. The van der Waals surface area contributed by atoms with E-state index in [1.165, 1.54) is 6.07 Å². The molecule has 0 aliphatic heterocycles. The molecule has 0 aliphatic rings. The first-order valence-electron chi connectivity index (χ1n) is 4.09. The number of fused-ring (bicyclic) bond motifs is 1. The Kier molecular flexibility index (Phi) is 2.14. The Morgan fingerprint density at radius 2 is 1.86 bits per heavy atom. The van der Waals surface area contributed by atoms with Crippen molar-refractivity contribution in [3.05, 3.63) is 40.9 Å². The van der Waals surface area contributed by atoms with Crippen molar-refractivity contribution in [3.8, 4) is 5.75 Å². The summed E-state index contributed by atoms with van der Waals surface area (Å²) >= 11 is 5.94. The molecule has 0 fully saturated rings. The van der Waals surface area contributed by atoms with Gasteiger partial charge in [0.2, 0.25) is 0 Å². The first-order chi connectivity index (χ1) is 6.74. The largest absolute Gasteiger partial charge is 0.507 e. The van der Waals surface area contributed by atoms with Gasteiger partial charge in [-0.3, -0.25) is 4.79 Å². The van der Waals surface area contributed by atoms with Crippen LogP contribution in [0, 0.1) is 0 Å². The van der Waals surface area contributed by atoms with Crippen LogP contribution in [0.3, 0.4) is 0 Å². The maximum Gasteiger partial charge on any atom is 0.153 e. The number of aromatic hydroxyl groups is 1. The molecule has 0 unspecified atom stereocenters. The molecule has 0 radical (unpaired) electrons. The van der Waals surface area contributed by atoms with E-state index in [1.807, 2.05) is 6.07 Å². The van der Waals surface area contributed by atoms with Gasteiger partial charge in [0.15, 0.2) is 6.29 Å². The molecule has 0 atom stereocenters. The fraction of sp³-hybridized carbons (Fsp3) is 0. The predicted octanol–water partition coefficient (Wildman–Crippen LogP) is 3.01. The number of hydrogen-bond donors (Lipinski definition) is 1. The summed E-state index contributed by atoms with van der Waals surface area (Å²) in [5, 5.41) is 11.5. The summed E-state index contributed by atoms with van der Waals surface area (Å²) in [7, 11) is 0. The van der Waals surface area contributed by atoms with Crippen LogP contribution in [0.15, 0.2) is 30.3 Å². The van der Waals surface area contributed by atoms with Crippen molar-refractivity contribution in [1.29, 1.82) is 0 Å². The van der Waals surface area contributed by atoms with E-state index in [-0.39, 0.29) is 11.3 Å². The molecule has 0 aromatic heterocycles. The molecule has 0 saturated carbocycles. The van der Waals surface area contributed by atoms with E-state index in [0.717, 1.165) is 5.39 Å². The second kappa shape index (κ2) is 3.31. The van der Waals surface area contributed by atoms with Gasteiger partial charge in [0.25, 0.3) is 0 Å². The van der Waals surface area contributed by atoms with Crippen molar-refractivity contribution in [2.24, 2.45) is 0 Å². The number of phenols is 1. The molecule has 0 amide bonds. The van der Waals surface area contributed by atoms with Gasteiger partial charge in [-0.2, -0.15) is 0 Å². The molecule has 14 heavy (non-hydrogen) atoms. The zero-order valence-corrected chi connectivity index (χ0v) is 7.95. The van der Waals surface area contributed by atoms with Gasteiger partial charge < -0.3 is 5.11 Å². The van der Waals surface area contributed by atoms with E-state index in [4.69, 9.17) is 11.6 Å². The first kappa shape index (κ1) is 9.03. The van der Waals surface area contributed by atoms with Crippen molar-refractivity contribution in [3.63, 3.8) is 0 Å². The van der Waals surface area contributed by atoms with Crippen LogP contribution in [0.2, 0.25) is 5.02 Å². The van der Waals surface area contributed by atoms with Gasteiger partial charge in [0, 0.05) is 15.8 Å². The lowest BCUT2D eigenvalue weighted by molar-refractivity contribution is 0.112. The lowest BCUT2D eigenvalue weighted by Gasteiger charge is -2.04. The predicted molar refractivity (Wildman–Crippen MR) is 56.0 cm³/mol. The lowest BCUT2D eigenvalue weighted by Crippen LogP contribution is -1.84. The molecule has 0 aliphatic carbocycles.